The van der Waals surface area contributed by atoms with Crippen LogP contribution in [-0.4, -0.2) is 43.3 Å². The minimum Gasteiger partial charge on any atom is -0.350 e. The van der Waals surface area contributed by atoms with Gasteiger partial charge in [0.15, 0.2) is 0 Å². The summed E-state index contributed by atoms with van der Waals surface area (Å²) < 4.78 is 28.9. The highest BCUT2D eigenvalue weighted by Gasteiger charge is 2.35. The van der Waals surface area contributed by atoms with Gasteiger partial charge in [0.1, 0.15) is 12.6 Å². The van der Waals surface area contributed by atoms with Gasteiger partial charge in [-0.05, 0) is 76.6 Å². The fourth-order valence-corrected chi connectivity index (χ4v) is 6.45. The molecule has 0 saturated carbocycles. The highest BCUT2D eigenvalue weighted by molar-refractivity contribution is 7.92. The van der Waals surface area contributed by atoms with Crippen LogP contribution in [0, 0.1) is 6.92 Å². The molecule has 0 aromatic heterocycles. The van der Waals surface area contributed by atoms with Gasteiger partial charge in [0.05, 0.1) is 20.6 Å². The monoisotopic (exact) mass is 671 g/mol. The molecule has 3 rings (SSSR count). The molecule has 0 aliphatic carbocycles. The molecule has 42 heavy (non-hydrogen) atoms. The van der Waals surface area contributed by atoms with Gasteiger partial charge in [-0.1, -0.05) is 77.1 Å². The Balaban J connectivity index is 2.14. The fourth-order valence-electron chi connectivity index (χ4n) is 4.23. The molecule has 7 nitrogen and oxygen atoms in total. The van der Waals surface area contributed by atoms with Crippen LogP contribution in [0.15, 0.2) is 65.6 Å². The topological polar surface area (TPSA) is 86.8 Å². The second-order valence-corrected chi connectivity index (χ2v) is 14.3. The van der Waals surface area contributed by atoms with Gasteiger partial charge in [-0.25, -0.2) is 8.42 Å². The van der Waals surface area contributed by atoms with E-state index in [0.717, 1.165) is 9.87 Å². The van der Waals surface area contributed by atoms with Gasteiger partial charge >= 0.3 is 0 Å². The van der Waals surface area contributed by atoms with Crippen LogP contribution in [0.1, 0.15) is 45.2 Å². The second kappa shape index (κ2) is 13.9. The van der Waals surface area contributed by atoms with Crippen LogP contribution < -0.4 is 9.62 Å². The molecule has 0 heterocycles. The zero-order valence-corrected chi connectivity index (χ0v) is 27.8. The van der Waals surface area contributed by atoms with Crippen molar-refractivity contribution in [2.24, 2.45) is 0 Å². The third-order valence-electron chi connectivity index (χ3n) is 6.35. The van der Waals surface area contributed by atoms with Crippen molar-refractivity contribution in [1.29, 1.82) is 0 Å². The number of carbonyl (C=O) groups excluding carboxylic acids is 2. The average molecular weight is 673 g/mol. The van der Waals surface area contributed by atoms with E-state index in [1.807, 2.05) is 27.7 Å². The Hall–Kier alpha value is -2.49. The van der Waals surface area contributed by atoms with E-state index >= 15 is 0 Å². The number of halogens is 4. The number of rotatable bonds is 10. The average Bonchev–Trinajstić information content (AvgIpc) is 2.89. The first kappa shape index (κ1) is 34.0. The van der Waals surface area contributed by atoms with Crippen LogP contribution in [0.2, 0.25) is 20.1 Å². The maximum atomic E-state index is 14.2. The van der Waals surface area contributed by atoms with Crippen molar-refractivity contribution in [3.8, 4) is 0 Å². The number of sulfonamides is 1. The summed E-state index contributed by atoms with van der Waals surface area (Å²) >= 11 is 25.3. The van der Waals surface area contributed by atoms with Gasteiger partial charge < -0.3 is 10.2 Å². The van der Waals surface area contributed by atoms with Gasteiger partial charge in [-0.3, -0.25) is 13.9 Å². The smallest absolute Gasteiger partial charge is 0.264 e. The van der Waals surface area contributed by atoms with Crippen LogP contribution in [0.3, 0.4) is 0 Å². The quantitative estimate of drug-likeness (QED) is 0.241. The molecule has 3 aromatic rings. The first-order valence-corrected chi connectivity index (χ1v) is 16.1. The summed E-state index contributed by atoms with van der Waals surface area (Å²) in [5.41, 5.74) is 0.840. The Labute approximate surface area is 267 Å². The molecule has 12 heteroatoms. The fraction of sp³-hybridized carbons (Fsp3) is 0.333. The lowest BCUT2D eigenvalue weighted by Gasteiger charge is -2.35. The van der Waals surface area contributed by atoms with Crippen molar-refractivity contribution in [1.82, 2.24) is 10.2 Å². The number of benzene rings is 3. The molecular formula is C30H33Cl4N3O4S. The Kier molecular flexibility index (Phi) is 11.2. The number of anilines is 1. The molecule has 2 amide bonds. The van der Waals surface area contributed by atoms with Gasteiger partial charge in [-0.2, -0.15) is 0 Å². The zero-order valence-electron chi connectivity index (χ0n) is 23.9. The number of carbonyl (C=O) groups is 2. The van der Waals surface area contributed by atoms with Crippen molar-refractivity contribution < 1.29 is 18.0 Å². The van der Waals surface area contributed by atoms with Crippen LogP contribution in [0.25, 0.3) is 0 Å². The maximum Gasteiger partial charge on any atom is 0.264 e. The molecule has 0 aliphatic rings. The second-order valence-electron chi connectivity index (χ2n) is 10.8. The lowest BCUT2D eigenvalue weighted by Crippen LogP contribution is -2.55. The first-order valence-electron chi connectivity index (χ1n) is 13.1. The summed E-state index contributed by atoms with van der Waals surface area (Å²) in [7, 11) is -4.27. The number of nitrogens with zero attached hydrogens (tertiary/aromatic N) is 2. The molecule has 0 saturated heterocycles. The molecule has 3 aromatic carbocycles. The SMILES string of the molecule is CC[C@@H](C(=O)NC(C)(C)C)N(Cc1c(Cl)cccc1Cl)C(=O)CN(c1ccc(Cl)c(Cl)c1)S(=O)(=O)c1ccc(C)cc1. The van der Waals surface area contributed by atoms with Crippen LogP contribution in [0.5, 0.6) is 0 Å². The van der Waals surface area contributed by atoms with Gasteiger partial charge in [0.2, 0.25) is 11.8 Å². The summed E-state index contributed by atoms with van der Waals surface area (Å²) in [6.45, 7) is 8.31. The number of hydrogen-bond donors (Lipinski definition) is 1. The molecule has 0 radical (unpaired) electrons. The highest BCUT2D eigenvalue weighted by Crippen LogP contribution is 2.32. The van der Waals surface area contributed by atoms with E-state index in [0.29, 0.717) is 15.6 Å². The maximum absolute atomic E-state index is 14.2. The Bertz CT molecular complexity index is 1540. The predicted octanol–water partition coefficient (Wildman–Crippen LogP) is 7.53. The van der Waals surface area contributed by atoms with E-state index in [9.17, 15) is 18.0 Å². The minimum absolute atomic E-state index is 0.0230. The Morgan fingerprint density at radius 3 is 2.00 bits per heavy atom. The normalized spacial score (nSPS) is 12.5. The van der Waals surface area contributed by atoms with Gasteiger partial charge in [0.25, 0.3) is 10.0 Å². The van der Waals surface area contributed by atoms with Crippen molar-refractivity contribution >= 4 is 73.9 Å². The molecule has 0 aliphatic heterocycles. The van der Waals surface area contributed by atoms with Crippen LogP contribution >= 0.6 is 46.4 Å². The van der Waals surface area contributed by atoms with E-state index in [2.05, 4.69) is 5.32 Å². The standard InChI is InChI=1S/C30H33Cl4N3O4S/c1-6-27(29(39)35-30(3,4)5)36(17-22-23(31)8-7-9-24(22)32)28(38)18-37(20-12-15-25(33)26(34)16-20)42(40,41)21-13-10-19(2)11-14-21/h7-16,27H,6,17-18H2,1-5H3,(H,35,39)/t27-/m0/s1. The van der Waals surface area contributed by atoms with Crippen LogP contribution in [0.4, 0.5) is 5.69 Å². The molecule has 0 bridgehead atoms. The molecule has 0 fully saturated rings. The van der Waals surface area contributed by atoms with Gasteiger partial charge in [0, 0.05) is 27.7 Å². The van der Waals surface area contributed by atoms with E-state index in [1.165, 1.54) is 35.2 Å². The summed E-state index contributed by atoms with van der Waals surface area (Å²) in [6.07, 6.45) is 0.243. The largest absolute Gasteiger partial charge is 0.350 e. The summed E-state index contributed by atoms with van der Waals surface area (Å²) in [4.78, 5) is 28.9. The molecule has 1 N–H and O–H groups in total. The van der Waals surface area contributed by atoms with E-state index in [1.54, 1.807) is 37.3 Å². The molecule has 226 valence electrons. The third kappa shape index (κ3) is 8.32. The highest BCUT2D eigenvalue weighted by atomic mass is 35.5. The Morgan fingerprint density at radius 2 is 1.48 bits per heavy atom. The van der Waals surface area contributed by atoms with E-state index < -0.39 is 40.0 Å². The Morgan fingerprint density at radius 1 is 0.881 bits per heavy atom. The summed E-state index contributed by atoms with van der Waals surface area (Å²) in [5.74, 6) is -1.05. The van der Waals surface area contributed by atoms with E-state index in [4.69, 9.17) is 46.4 Å². The van der Waals surface area contributed by atoms with Crippen molar-refractivity contribution in [3.63, 3.8) is 0 Å². The zero-order chi connectivity index (χ0) is 31.4. The van der Waals surface area contributed by atoms with Crippen molar-refractivity contribution in [3.05, 3.63) is 91.9 Å². The van der Waals surface area contributed by atoms with Crippen molar-refractivity contribution in [2.75, 3.05) is 10.8 Å². The predicted molar refractivity (Wildman–Crippen MR) is 171 cm³/mol. The first-order chi connectivity index (χ1) is 19.5. The minimum atomic E-state index is -4.27. The number of nitrogens with one attached hydrogen (secondary N) is 1. The molecule has 0 unspecified atom stereocenters. The lowest BCUT2D eigenvalue weighted by atomic mass is 10.1. The number of aryl methyl sites for hydroxylation is 1. The molecule has 1 atom stereocenters. The van der Waals surface area contributed by atoms with Crippen molar-refractivity contribution in [2.45, 2.75) is 64.1 Å². The lowest BCUT2D eigenvalue weighted by molar-refractivity contribution is -0.141. The van der Waals surface area contributed by atoms with Crippen LogP contribution in [-0.2, 0) is 26.2 Å². The van der Waals surface area contributed by atoms with Gasteiger partial charge in [-0.15, -0.1) is 0 Å². The third-order valence-corrected chi connectivity index (χ3v) is 9.59. The summed E-state index contributed by atoms with van der Waals surface area (Å²) in [6, 6.07) is 14.5. The van der Waals surface area contributed by atoms with E-state index in [-0.39, 0.29) is 33.6 Å². The number of amides is 2. The summed E-state index contributed by atoms with van der Waals surface area (Å²) in [5, 5.41) is 3.86. The molecule has 0 spiro atoms. The number of hydrogen-bond acceptors (Lipinski definition) is 4. The molecular weight excluding hydrogens is 640 g/mol.